The molecule has 0 rings (SSSR count). The fourth-order valence-electron chi connectivity index (χ4n) is 0.306. The SMILES string of the molecule is CO[Si](C)(C)[Si](C)(C)C.C[O]. The zero-order valence-corrected chi connectivity index (χ0v) is 10.8. The summed E-state index contributed by atoms with van der Waals surface area (Å²) in [5.41, 5.74) is 0. The molecule has 0 aliphatic heterocycles. The molecule has 0 aromatic rings. The van der Waals surface area contributed by atoms with Gasteiger partial charge in [0.05, 0.1) is 14.7 Å². The largest absolute Gasteiger partial charge is 0.423 e. The van der Waals surface area contributed by atoms with Crippen LogP contribution in [0.1, 0.15) is 0 Å². The summed E-state index contributed by atoms with van der Waals surface area (Å²) in [7, 11) is 0.394. The number of hydrogen-bond acceptors (Lipinski definition) is 1. The molecule has 0 amide bonds. The van der Waals surface area contributed by atoms with Crippen molar-refractivity contribution in [3.8, 4) is 0 Å². The second-order valence-corrected chi connectivity index (χ2v) is 20.0. The van der Waals surface area contributed by atoms with Gasteiger partial charge in [0.2, 0.25) is 0 Å². The van der Waals surface area contributed by atoms with E-state index in [0.717, 1.165) is 7.11 Å². The van der Waals surface area contributed by atoms with Crippen LogP contribution >= 0.6 is 0 Å². The van der Waals surface area contributed by atoms with Crippen LogP contribution in [0.3, 0.4) is 0 Å². The Kier molecular flexibility index (Phi) is 6.42. The van der Waals surface area contributed by atoms with E-state index in [0.29, 0.717) is 0 Å². The van der Waals surface area contributed by atoms with E-state index in [9.17, 15) is 0 Å². The average Bonchev–Trinajstić information content (AvgIpc) is 1.90. The molecule has 0 atom stereocenters. The van der Waals surface area contributed by atoms with Gasteiger partial charge in [-0.25, -0.2) is 5.11 Å². The van der Waals surface area contributed by atoms with Crippen LogP contribution in [0.15, 0.2) is 0 Å². The van der Waals surface area contributed by atoms with Crippen molar-refractivity contribution in [1.29, 1.82) is 0 Å². The van der Waals surface area contributed by atoms with Crippen molar-refractivity contribution < 1.29 is 9.53 Å². The molecule has 1 radical (unpaired) electrons. The molecule has 0 aromatic carbocycles. The first kappa shape index (κ1) is 13.9. The summed E-state index contributed by atoms with van der Waals surface area (Å²) < 4.78 is 5.50. The van der Waals surface area contributed by atoms with E-state index in [4.69, 9.17) is 9.53 Å². The predicted octanol–water partition coefficient (Wildman–Crippen LogP) is 2.30. The Morgan fingerprint density at radius 1 is 0.909 bits per heavy atom. The van der Waals surface area contributed by atoms with Gasteiger partial charge in [-0.2, -0.15) is 0 Å². The molecule has 0 fully saturated rings. The van der Waals surface area contributed by atoms with Gasteiger partial charge < -0.3 is 4.43 Å². The van der Waals surface area contributed by atoms with Gasteiger partial charge in [0.1, 0.15) is 0 Å². The maximum atomic E-state index is 8.25. The molecule has 2 nitrogen and oxygen atoms in total. The highest BCUT2D eigenvalue weighted by molar-refractivity contribution is 7.37. The molecule has 0 aliphatic carbocycles. The summed E-state index contributed by atoms with van der Waals surface area (Å²) in [4.78, 5) is 0. The van der Waals surface area contributed by atoms with Crippen LogP contribution < -0.4 is 0 Å². The molecule has 0 heterocycles. The fourth-order valence-corrected chi connectivity index (χ4v) is 2.76. The topological polar surface area (TPSA) is 29.1 Å². The third-order valence-corrected chi connectivity index (χ3v) is 18.4. The van der Waals surface area contributed by atoms with Crippen molar-refractivity contribution in [1.82, 2.24) is 0 Å². The lowest BCUT2D eigenvalue weighted by Crippen LogP contribution is -2.54. The molecule has 0 bridgehead atoms. The van der Waals surface area contributed by atoms with Crippen LogP contribution in [-0.2, 0) is 9.53 Å². The van der Waals surface area contributed by atoms with Gasteiger partial charge in [-0.1, -0.05) is 19.6 Å². The predicted molar refractivity (Wildman–Crippen MR) is 54.4 cm³/mol. The monoisotopic (exact) mass is 193 g/mol. The second-order valence-electron chi connectivity index (χ2n) is 3.96. The molecular weight excluding hydrogens is 172 g/mol. The fraction of sp³-hybridized carbons (Fsp3) is 1.00. The average molecular weight is 193 g/mol. The lowest BCUT2D eigenvalue weighted by Gasteiger charge is -2.32. The molecular formula is C7H21O2Si2. The van der Waals surface area contributed by atoms with E-state index in [1.807, 2.05) is 7.11 Å². The summed E-state index contributed by atoms with van der Waals surface area (Å²) in [6, 6.07) is 0. The molecule has 0 saturated heterocycles. The minimum atomic E-state index is -1.24. The maximum absolute atomic E-state index is 8.25. The maximum Gasteiger partial charge on any atom is 0.173 e. The summed E-state index contributed by atoms with van der Waals surface area (Å²) in [6.07, 6.45) is 0. The zero-order chi connectivity index (χ0) is 9.71. The Bertz CT molecular complexity index is 97.1. The quantitative estimate of drug-likeness (QED) is 0.619. The lowest BCUT2D eigenvalue weighted by molar-refractivity contribution is 0.282. The first-order valence-corrected chi connectivity index (χ1v) is 11.2. The lowest BCUT2D eigenvalue weighted by atomic mass is 11.8. The van der Waals surface area contributed by atoms with E-state index in [1.165, 1.54) is 0 Å². The third kappa shape index (κ3) is 4.73. The molecule has 0 aliphatic rings. The van der Waals surface area contributed by atoms with Crippen LogP contribution in [0.5, 0.6) is 0 Å². The van der Waals surface area contributed by atoms with Gasteiger partial charge >= 0.3 is 0 Å². The summed E-state index contributed by atoms with van der Waals surface area (Å²) in [5, 5.41) is 8.25. The standard InChI is InChI=1S/C6H18OSi2.CH3O/c1-7-9(5,6)8(2,3)4;1-2/h1-6H3;1H3. The van der Waals surface area contributed by atoms with Crippen LogP contribution in [-0.4, -0.2) is 29.6 Å². The van der Waals surface area contributed by atoms with Crippen LogP contribution in [0.25, 0.3) is 0 Å². The molecule has 4 heteroatoms. The van der Waals surface area contributed by atoms with Crippen molar-refractivity contribution in [3.05, 3.63) is 0 Å². The highest BCUT2D eigenvalue weighted by atomic mass is 29.3. The van der Waals surface area contributed by atoms with E-state index in [-0.39, 0.29) is 0 Å². The normalized spacial score (nSPS) is 12.0. The first-order valence-electron chi connectivity index (χ1n) is 3.77. The van der Waals surface area contributed by atoms with Gasteiger partial charge in [0, 0.05) is 7.11 Å². The molecule has 69 valence electrons. The molecule has 0 N–H and O–H groups in total. The molecule has 0 aromatic heterocycles. The van der Waals surface area contributed by atoms with Crippen molar-refractivity contribution in [2.24, 2.45) is 0 Å². The number of rotatable bonds is 2. The van der Waals surface area contributed by atoms with Crippen molar-refractivity contribution >= 4 is 15.4 Å². The molecule has 0 saturated carbocycles. The van der Waals surface area contributed by atoms with Gasteiger partial charge in [0.15, 0.2) is 7.83 Å². The highest BCUT2D eigenvalue weighted by Gasteiger charge is 2.37. The van der Waals surface area contributed by atoms with E-state index >= 15 is 0 Å². The van der Waals surface area contributed by atoms with Crippen molar-refractivity contribution in [2.75, 3.05) is 14.2 Å². The summed E-state index contributed by atoms with van der Waals surface area (Å²) in [6.45, 7) is 11.7. The van der Waals surface area contributed by atoms with Crippen LogP contribution in [0.4, 0.5) is 0 Å². The molecule has 0 spiro atoms. The minimum Gasteiger partial charge on any atom is -0.423 e. The Morgan fingerprint density at radius 3 is 1.18 bits per heavy atom. The van der Waals surface area contributed by atoms with Crippen molar-refractivity contribution in [2.45, 2.75) is 32.7 Å². The number of hydrogen-bond donors (Lipinski definition) is 0. The minimum absolute atomic E-state index is 0.750. The van der Waals surface area contributed by atoms with Crippen LogP contribution in [0, 0.1) is 0 Å². The molecule has 0 unspecified atom stereocenters. The Hall–Kier alpha value is 0.354. The third-order valence-electron chi connectivity index (χ3n) is 2.32. The highest BCUT2D eigenvalue weighted by Crippen LogP contribution is 2.18. The van der Waals surface area contributed by atoms with E-state index in [2.05, 4.69) is 32.7 Å². The van der Waals surface area contributed by atoms with Gasteiger partial charge in [-0.3, -0.25) is 0 Å². The first-order chi connectivity index (χ1) is 4.81. The van der Waals surface area contributed by atoms with E-state index in [1.54, 1.807) is 0 Å². The van der Waals surface area contributed by atoms with Gasteiger partial charge in [-0.15, -0.1) is 0 Å². The van der Waals surface area contributed by atoms with Crippen LogP contribution in [0.2, 0.25) is 32.7 Å². The Labute approximate surface area is 72.5 Å². The summed E-state index contributed by atoms with van der Waals surface area (Å²) in [5.74, 6) is 0. The Balaban J connectivity index is 0. The van der Waals surface area contributed by atoms with E-state index < -0.39 is 15.4 Å². The van der Waals surface area contributed by atoms with Crippen molar-refractivity contribution in [3.63, 3.8) is 0 Å². The smallest absolute Gasteiger partial charge is 0.173 e. The summed E-state index contributed by atoms with van der Waals surface area (Å²) >= 11 is 0. The molecule has 11 heavy (non-hydrogen) atoms. The Morgan fingerprint density at radius 2 is 1.18 bits per heavy atom. The van der Waals surface area contributed by atoms with Gasteiger partial charge in [0.25, 0.3) is 0 Å². The van der Waals surface area contributed by atoms with Gasteiger partial charge in [-0.05, 0) is 13.1 Å². The zero-order valence-electron chi connectivity index (χ0n) is 8.82. The second kappa shape index (κ2) is 5.08.